The van der Waals surface area contributed by atoms with Crippen LogP contribution in [-0.2, 0) is 0 Å². The second kappa shape index (κ2) is 6.66. The molecule has 0 aliphatic carbocycles. The molecule has 1 saturated heterocycles. The molecule has 0 unspecified atom stereocenters. The van der Waals surface area contributed by atoms with Crippen LogP contribution in [0.3, 0.4) is 0 Å². The number of hydrogen-bond acceptors (Lipinski definition) is 4. The predicted molar refractivity (Wildman–Crippen MR) is 85.3 cm³/mol. The van der Waals surface area contributed by atoms with Crippen molar-refractivity contribution >= 4 is 29.0 Å². The van der Waals surface area contributed by atoms with Gasteiger partial charge in [-0.05, 0) is 17.9 Å². The van der Waals surface area contributed by atoms with Crippen molar-refractivity contribution in [2.75, 3.05) is 25.4 Å². The van der Waals surface area contributed by atoms with Crippen molar-refractivity contribution in [2.24, 2.45) is 0 Å². The van der Waals surface area contributed by atoms with Gasteiger partial charge in [0, 0.05) is 29.2 Å². The van der Waals surface area contributed by atoms with Crippen LogP contribution < -0.4 is 0 Å². The van der Waals surface area contributed by atoms with Gasteiger partial charge in [-0.2, -0.15) is 11.8 Å². The van der Waals surface area contributed by atoms with Crippen LogP contribution in [0.15, 0.2) is 11.4 Å². The van der Waals surface area contributed by atoms with Crippen LogP contribution in [0, 0.1) is 11.8 Å². The quantitative estimate of drug-likeness (QED) is 0.810. The van der Waals surface area contributed by atoms with Crippen LogP contribution in [0.25, 0.3) is 0 Å². The van der Waals surface area contributed by atoms with E-state index < -0.39 is 0 Å². The number of carbonyl (C=O) groups excluding carboxylic acids is 1. The minimum absolute atomic E-state index is 0.0699. The SMILES string of the molecule is CC1(C)CCN(C(=O)c2sccc2C#CCO)CCS1. The number of thiophene rings is 1. The molecule has 1 aromatic heterocycles. The molecule has 1 fully saturated rings. The molecule has 108 valence electrons. The average Bonchev–Trinajstić information content (AvgIpc) is 2.79. The summed E-state index contributed by atoms with van der Waals surface area (Å²) in [7, 11) is 0. The molecule has 2 rings (SSSR count). The Balaban J connectivity index is 2.13. The summed E-state index contributed by atoms with van der Waals surface area (Å²) >= 11 is 3.35. The Morgan fingerprint density at radius 1 is 1.50 bits per heavy atom. The third-order valence-corrected chi connectivity index (χ3v) is 5.56. The number of thioether (sulfide) groups is 1. The van der Waals surface area contributed by atoms with E-state index in [4.69, 9.17) is 5.11 Å². The smallest absolute Gasteiger partial charge is 0.265 e. The number of aliphatic hydroxyl groups excluding tert-OH is 1. The van der Waals surface area contributed by atoms with Crippen LogP contribution in [-0.4, -0.2) is 46.1 Å². The molecule has 1 N–H and O–H groups in total. The molecule has 0 saturated carbocycles. The monoisotopic (exact) mass is 309 g/mol. The molecule has 5 heteroatoms. The molecule has 1 aliphatic heterocycles. The minimum atomic E-state index is -0.183. The first-order chi connectivity index (χ1) is 9.53. The van der Waals surface area contributed by atoms with Gasteiger partial charge in [0.2, 0.25) is 0 Å². The van der Waals surface area contributed by atoms with Gasteiger partial charge in [-0.3, -0.25) is 4.79 Å². The molecular formula is C15H19NO2S2. The molecule has 0 radical (unpaired) electrons. The first-order valence-corrected chi connectivity index (χ1v) is 8.50. The van der Waals surface area contributed by atoms with Crippen molar-refractivity contribution in [3.8, 4) is 11.8 Å². The summed E-state index contributed by atoms with van der Waals surface area (Å²) in [6, 6.07) is 1.84. The van der Waals surface area contributed by atoms with Crippen LogP contribution in [0.4, 0.5) is 0 Å². The fourth-order valence-electron chi connectivity index (χ4n) is 2.08. The third kappa shape index (κ3) is 3.78. The fourth-order valence-corrected chi connectivity index (χ4v) is 3.99. The van der Waals surface area contributed by atoms with E-state index in [2.05, 4.69) is 25.7 Å². The Kier molecular flexibility index (Phi) is 5.14. The normalized spacial score (nSPS) is 18.1. The van der Waals surface area contributed by atoms with Gasteiger partial charge < -0.3 is 10.0 Å². The highest BCUT2D eigenvalue weighted by atomic mass is 32.2. The maximum Gasteiger partial charge on any atom is 0.265 e. The van der Waals surface area contributed by atoms with E-state index in [0.717, 1.165) is 30.8 Å². The van der Waals surface area contributed by atoms with E-state index >= 15 is 0 Å². The molecule has 0 aromatic carbocycles. The Bertz CT molecular complexity index is 540. The lowest BCUT2D eigenvalue weighted by molar-refractivity contribution is 0.0769. The summed E-state index contributed by atoms with van der Waals surface area (Å²) in [5.74, 6) is 6.51. The molecular weight excluding hydrogens is 290 g/mol. The van der Waals surface area contributed by atoms with Crippen LogP contribution >= 0.6 is 23.1 Å². The van der Waals surface area contributed by atoms with Crippen LogP contribution in [0.5, 0.6) is 0 Å². The van der Waals surface area contributed by atoms with Gasteiger partial charge in [-0.25, -0.2) is 0 Å². The predicted octanol–water partition coefficient (Wildman–Crippen LogP) is 2.45. The molecule has 0 atom stereocenters. The first-order valence-electron chi connectivity index (χ1n) is 6.64. The molecule has 0 spiro atoms. The van der Waals surface area contributed by atoms with Gasteiger partial charge >= 0.3 is 0 Å². The summed E-state index contributed by atoms with van der Waals surface area (Å²) in [4.78, 5) is 15.2. The van der Waals surface area contributed by atoms with E-state index in [0.29, 0.717) is 4.88 Å². The standard InChI is InChI=1S/C15H19NO2S2/c1-15(2)6-7-16(8-11-20-15)14(18)13-12(4-3-9-17)5-10-19-13/h5,10,17H,6-9,11H2,1-2H3. The van der Waals surface area contributed by atoms with Crippen LogP contribution in [0.2, 0.25) is 0 Å². The second-order valence-corrected chi connectivity index (χ2v) is 7.99. The molecule has 20 heavy (non-hydrogen) atoms. The molecule has 0 bridgehead atoms. The van der Waals surface area contributed by atoms with Crippen molar-refractivity contribution in [2.45, 2.75) is 25.0 Å². The maximum absolute atomic E-state index is 12.6. The lowest BCUT2D eigenvalue weighted by atomic mass is 10.1. The van der Waals surface area contributed by atoms with Gasteiger partial charge in [0.1, 0.15) is 11.5 Å². The zero-order chi connectivity index (χ0) is 14.6. The molecule has 3 nitrogen and oxygen atoms in total. The van der Waals surface area contributed by atoms with E-state index in [1.807, 2.05) is 28.1 Å². The Morgan fingerprint density at radius 2 is 2.30 bits per heavy atom. The number of carbonyl (C=O) groups is 1. The zero-order valence-corrected chi connectivity index (χ0v) is 13.4. The molecule has 1 aliphatic rings. The summed E-state index contributed by atoms with van der Waals surface area (Å²) in [6.07, 6.45) is 1.01. The molecule has 1 aromatic rings. The Hall–Kier alpha value is -0.960. The highest BCUT2D eigenvalue weighted by Crippen LogP contribution is 2.31. The topological polar surface area (TPSA) is 40.5 Å². The number of rotatable bonds is 1. The summed E-state index contributed by atoms with van der Waals surface area (Å²) < 4.78 is 0.240. The van der Waals surface area contributed by atoms with Crippen molar-refractivity contribution in [3.05, 3.63) is 21.9 Å². The van der Waals surface area contributed by atoms with Gasteiger partial charge in [0.25, 0.3) is 5.91 Å². The third-order valence-electron chi connectivity index (χ3n) is 3.29. The van der Waals surface area contributed by atoms with E-state index in [9.17, 15) is 4.79 Å². The average molecular weight is 309 g/mol. The van der Waals surface area contributed by atoms with Gasteiger partial charge in [0.15, 0.2) is 0 Å². The number of nitrogens with zero attached hydrogens (tertiary/aromatic N) is 1. The Morgan fingerprint density at radius 3 is 3.05 bits per heavy atom. The zero-order valence-electron chi connectivity index (χ0n) is 11.8. The van der Waals surface area contributed by atoms with Gasteiger partial charge in [-0.1, -0.05) is 25.7 Å². The van der Waals surface area contributed by atoms with E-state index in [1.165, 1.54) is 11.3 Å². The minimum Gasteiger partial charge on any atom is -0.384 e. The van der Waals surface area contributed by atoms with Gasteiger partial charge in [-0.15, -0.1) is 11.3 Å². The lowest BCUT2D eigenvalue weighted by Gasteiger charge is -2.22. The van der Waals surface area contributed by atoms with E-state index in [-0.39, 0.29) is 17.3 Å². The van der Waals surface area contributed by atoms with Crippen molar-refractivity contribution in [3.63, 3.8) is 0 Å². The summed E-state index contributed by atoms with van der Waals surface area (Å²) in [6.45, 7) is 5.86. The molecule has 1 amide bonds. The number of aliphatic hydroxyl groups is 1. The maximum atomic E-state index is 12.6. The Labute approximate surface area is 128 Å². The fraction of sp³-hybridized carbons (Fsp3) is 0.533. The lowest BCUT2D eigenvalue weighted by Crippen LogP contribution is -2.33. The molecule has 2 heterocycles. The highest BCUT2D eigenvalue weighted by molar-refractivity contribution is 8.00. The largest absolute Gasteiger partial charge is 0.384 e. The number of amides is 1. The first kappa shape index (κ1) is 15.4. The number of hydrogen-bond donors (Lipinski definition) is 1. The summed E-state index contributed by atoms with van der Waals surface area (Å²) in [5, 5.41) is 10.6. The summed E-state index contributed by atoms with van der Waals surface area (Å²) in [5.41, 5.74) is 0.727. The van der Waals surface area contributed by atoms with Crippen molar-refractivity contribution < 1.29 is 9.90 Å². The van der Waals surface area contributed by atoms with Gasteiger partial charge in [0.05, 0.1) is 0 Å². The van der Waals surface area contributed by atoms with Crippen molar-refractivity contribution in [1.82, 2.24) is 4.90 Å². The van der Waals surface area contributed by atoms with E-state index in [1.54, 1.807) is 0 Å². The van der Waals surface area contributed by atoms with Crippen molar-refractivity contribution in [1.29, 1.82) is 0 Å². The second-order valence-electron chi connectivity index (χ2n) is 5.27. The highest BCUT2D eigenvalue weighted by Gasteiger charge is 2.27. The van der Waals surface area contributed by atoms with Crippen LogP contribution in [0.1, 0.15) is 35.5 Å².